The molecule has 2 aliphatic rings. The van der Waals surface area contributed by atoms with Crippen LogP contribution in [-0.4, -0.2) is 35.4 Å². The van der Waals surface area contributed by atoms with Gasteiger partial charge in [0.1, 0.15) is 0 Å². The Bertz CT molecular complexity index is 1180. The summed E-state index contributed by atoms with van der Waals surface area (Å²) in [5, 5.41) is 1.91. The number of piperidine rings is 1. The van der Waals surface area contributed by atoms with Gasteiger partial charge in [-0.3, -0.25) is 9.59 Å². The lowest BCUT2D eigenvalue weighted by Crippen LogP contribution is -2.30. The zero-order valence-electron chi connectivity index (χ0n) is 17.8. The van der Waals surface area contributed by atoms with Crippen molar-refractivity contribution in [1.29, 1.82) is 0 Å². The van der Waals surface area contributed by atoms with Crippen molar-refractivity contribution in [2.24, 2.45) is 0 Å². The number of anilines is 1. The smallest absolute Gasteiger partial charge is 0.196 e. The van der Waals surface area contributed by atoms with Crippen molar-refractivity contribution in [1.82, 2.24) is 4.98 Å². The number of hydrogen-bond acceptors (Lipinski definition) is 5. The summed E-state index contributed by atoms with van der Waals surface area (Å²) in [6.07, 6.45) is 5.88. The minimum Gasteiger partial charge on any atom is -0.371 e. The third kappa shape index (κ3) is 3.55. The second-order valence-electron chi connectivity index (χ2n) is 8.32. The number of ketones is 2. The summed E-state index contributed by atoms with van der Waals surface area (Å²) in [7, 11) is 0. The van der Waals surface area contributed by atoms with Gasteiger partial charge in [0.25, 0.3) is 0 Å². The van der Waals surface area contributed by atoms with Crippen LogP contribution < -0.4 is 4.90 Å². The van der Waals surface area contributed by atoms with Crippen molar-refractivity contribution in [2.75, 3.05) is 23.7 Å². The highest BCUT2D eigenvalue weighted by Crippen LogP contribution is 2.38. The van der Waals surface area contributed by atoms with Crippen LogP contribution in [0.5, 0.6) is 0 Å². The maximum atomic E-state index is 13.5. The number of carbonyl (C=O) groups excluding carboxylic acids is 2. The first-order valence-electron chi connectivity index (χ1n) is 11.2. The molecule has 5 rings (SSSR count). The maximum absolute atomic E-state index is 13.5. The third-order valence-electron chi connectivity index (χ3n) is 6.27. The van der Waals surface area contributed by atoms with E-state index in [9.17, 15) is 9.59 Å². The Balaban J connectivity index is 1.71. The molecule has 1 aliphatic heterocycles. The Kier molecular flexibility index (Phi) is 5.53. The predicted octanol–water partition coefficient (Wildman–Crippen LogP) is 5.89. The van der Waals surface area contributed by atoms with Gasteiger partial charge >= 0.3 is 0 Å². The fourth-order valence-corrected chi connectivity index (χ4v) is 5.61. The van der Waals surface area contributed by atoms with Gasteiger partial charge in [-0.05, 0) is 49.6 Å². The highest BCUT2D eigenvalue weighted by atomic mass is 32.2. The summed E-state index contributed by atoms with van der Waals surface area (Å²) in [6, 6.07) is 13.1. The van der Waals surface area contributed by atoms with E-state index in [0.717, 1.165) is 47.8 Å². The normalized spacial score (nSPS) is 15.8. The molecule has 0 radical (unpaired) electrons. The summed E-state index contributed by atoms with van der Waals surface area (Å²) >= 11 is 1.74. The molecule has 31 heavy (non-hydrogen) atoms. The second-order valence-corrected chi connectivity index (χ2v) is 9.43. The quantitative estimate of drug-likeness (QED) is 0.292. The topological polar surface area (TPSA) is 50.3 Å². The molecular formula is C26H26N2O2S. The highest BCUT2D eigenvalue weighted by molar-refractivity contribution is 7.99. The molecule has 0 saturated carbocycles. The first-order chi connectivity index (χ1) is 15.2. The van der Waals surface area contributed by atoms with E-state index in [1.165, 1.54) is 19.3 Å². The number of carbonyl (C=O) groups is 2. The third-order valence-corrected chi connectivity index (χ3v) is 7.27. The zero-order chi connectivity index (χ0) is 21.4. The van der Waals surface area contributed by atoms with E-state index < -0.39 is 0 Å². The molecule has 1 fully saturated rings. The Morgan fingerprint density at radius 2 is 1.68 bits per heavy atom. The minimum atomic E-state index is -0.0939. The van der Waals surface area contributed by atoms with Gasteiger partial charge in [0.2, 0.25) is 0 Å². The number of fused-ring (bicyclic) bond motifs is 4. The number of unbranched alkanes of at least 4 members (excludes halogenated alkanes) is 1. The van der Waals surface area contributed by atoms with Crippen LogP contribution in [0.3, 0.4) is 0 Å². The molecule has 4 nitrogen and oxygen atoms in total. The molecule has 5 heteroatoms. The number of nitrogens with zero attached hydrogens (tertiary/aromatic N) is 2. The van der Waals surface area contributed by atoms with Crippen molar-refractivity contribution in [3.8, 4) is 0 Å². The molecule has 0 amide bonds. The van der Waals surface area contributed by atoms with E-state index in [2.05, 4.69) is 17.9 Å². The molecule has 0 atom stereocenters. The predicted molar refractivity (Wildman–Crippen MR) is 127 cm³/mol. The first-order valence-corrected chi connectivity index (χ1v) is 12.2. The Morgan fingerprint density at radius 1 is 0.935 bits per heavy atom. The van der Waals surface area contributed by atoms with E-state index in [1.54, 1.807) is 23.9 Å². The monoisotopic (exact) mass is 430 g/mol. The molecule has 0 spiro atoms. The molecule has 0 unspecified atom stereocenters. The van der Waals surface area contributed by atoms with Crippen molar-refractivity contribution < 1.29 is 9.59 Å². The van der Waals surface area contributed by atoms with Crippen molar-refractivity contribution >= 4 is 39.9 Å². The lowest BCUT2D eigenvalue weighted by molar-refractivity contribution is 0.0980. The molecule has 1 aromatic heterocycles. The van der Waals surface area contributed by atoms with E-state index in [-0.39, 0.29) is 11.6 Å². The molecule has 0 bridgehead atoms. The largest absolute Gasteiger partial charge is 0.371 e. The molecule has 2 heterocycles. The van der Waals surface area contributed by atoms with Gasteiger partial charge in [-0.25, -0.2) is 4.98 Å². The SMILES string of the molecule is CCCCSc1cc(N2CCCCC2)c2ccc3c(c2n1)C(=O)c1ccccc1C3=O. The Morgan fingerprint density at radius 3 is 2.42 bits per heavy atom. The van der Waals surface area contributed by atoms with Gasteiger partial charge in [-0.2, -0.15) is 0 Å². The van der Waals surface area contributed by atoms with Crippen LogP contribution in [0.15, 0.2) is 47.5 Å². The first kappa shape index (κ1) is 20.3. The summed E-state index contributed by atoms with van der Waals surface area (Å²) in [5.41, 5.74) is 3.74. The number of rotatable bonds is 5. The molecular weight excluding hydrogens is 404 g/mol. The number of benzene rings is 2. The molecule has 2 aromatic carbocycles. The summed E-state index contributed by atoms with van der Waals surface area (Å²) in [4.78, 5) is 34.1. The van der Waals surface area contributed by atoms with Crippen LogP contribution in [-0.2, 0) is 0 Å². The van der Waals surface area contributed by atoms with Crippen LogP contribution in [0.25, 0.3) is 10.9 Å². The molecule has 3 aromatic rings. The molecule has 1 saturated heterocycles. The van der Waals surface area contributed by atoms with Crippen LogP contribution in [0.2, 0.25) is 0 Å². The van der Waals surface area contributed by atoms with Gasteiger partial charge in [-0.15, -0.1) is 11.8 Å². The van der Waals surface area contributed by atoms with E-state index in [1.807, 2.05) is 24.3 Å². The van der Waals surface area contributed by atoms with Gasteiger partial charge in [-0.1, -0.05) is 37.6 Å². The zero-order valence-corrected chi connectivity index (χ0v) is 18.6. The van der Waals surface area contributed by atoms with Crippen LogP contribution in [0.1, 0.15) is 70.9 Å². The molecule has 158 valence electrons. The van der Waals surface area contributed by atoms with Gasteiger partial charge in [0.05, 0.1) is 16.1 Å². The van der Waals surface area contributed by atoms with Crippen molar-refractivity contribution in [3.05, 3.63) is 64.7 Å². The van der Waals surface area contributed by atoms with Crippen LogP contribution >= 0.6 is 11.8 Å². The number of aromatic nitrogens is 1. The summed E-state index contributed by atoms with van der Waals surface area (Å²) in [6.45, 7) is 4.22. The average molecular weight is 431 g/mol. The van der Waals surface area contributed by atoms with Gasteiger partial charge in [0.15, 0.2) is 11.6 Å². The number of hydrogen-bond donors (Lipinski definition) is 0. The fraction of sp³-hybridized carbons (Fsp3) is 0.346. The van der Waals surface area contributed by atoms with Gasteiger partial charge < -0.3 is 4.90 Å². The number of thioether (sulfide) groups is 1. The second kappa shape index (κ2) is 8.46. The maximum Gasteiger partial charge on any atom is 0.196 e. The lowest BCUT2D eigenvalue weighted by atomic mass is 9.82. The summed E-state index contributed by atoms with van der Waals surface area (Å²) < 4.78 is 0. The van der Waals surface area contributed by atoms with Gasteiger partial charge in [0, 0.05) is 40.9 Å². The summed E-state index contributed by atoms with van der Waals surface area (Å²) in [5.74, 6) is 0.820. The molecule has 0 N–H and O–H groups in total. The van der Waals surface area contributed by atoms with Crippen LogP contribution in [0, 0.1) is 0 Å². The minimum absolute atomic E-state index is 0.0857. The molecule has 1 aliphatic carbocycles. The number of pyridine rings is 1. The van der Waals surface area contributed by atoms with Crippen molar-refractivity contribution in [2.45, 2.75) is 44.1 Å². The van der Waals surface area contributed by atoms with E-state index in [0.29, 0.717) is 27.8 Å². The highest BCUT2D eigenvalue weighted by Gasteiger charge is 2.32. The van der Waals surface area contributed by atoms with Crippen LogP contribution in [0.4, 0.5) is 5.69 Å². The van der Waals surface area contributed by atoms with E-state index >= 15 is 0 Å². The lowest BCUT2D eigenvalue weighted by Gasteiger charge is -2.30. The Hall–Kier alpha value is -2.66. The average Bonchev–Trinajstić information content (AvgIpc) is 2.82. The fourth-order valence-electron chi connectivity index (χ4n) is 4.62. The Labute approximate surface area is 187 Å². The van der Waals surface area contributed by atoms with E-state index in [4.69, 9.17) is 4.98 Å². The standard InChI is InChI=1S/C26H26N2O2S/c1-2-3-15-31-22-16-21(28-13-7-4-8-14-28)19-11-12-20-23(24(19)27-22)26(30)18-10-6-5-9-17(18)25(20)29/h5-6,9-12,16H,2-4,7-8,13-15H2,1H3. The van der Waals surface area contributed by atoms with Crippen molar-refractivity contribution in [3.63, 3.8) is 0 Å².